The molecule has 2 heterocycles. The first-order chi connectivity index (χ1) is 13.6. The Morgan fingerprint density at radius 1 is 1.21 bits per heavy atom. The lowest BCUT2D eigenvalue weighted by atomic mass is 9.95. The van der Waals surface area contributed by atoms with Crippen molar-refractivity contribution in [2.75, 3.05) is 4.90 Å². The van der Waals surface area contributed by atoms with Crippen molar-refractivity contribution >= 4 is 34.7 Å². The van der Waals surface area contributed by atoms with E-state index in [1.165, 1.54) is 29.5 Å². The van der Waals surface area contributed by atoms with Crippen LogP contribution in [0.1, 0.15) is 31.4 Å². The highest BCUT2D eigenvalue weighted by molar-refractivity contribution is 6.30. The first kappa shape index (κ1) is 18.3. The summed E-state index contributed by atoms with van der Waals surface area (Å²) in [6.07, 6.45) is 3.62. The number of nitrogens with zero attached hydrogens (tertiary/aromatic N) is 5. The molecule has 1 atom stereocenters. The van der Waals surface area contributed by atoms with Crippen molar-refractivity contribution in [2.24, 2.45) is 4.99 Å². The van der Waals surface area contributed by atoms with Gasteiger partial charge in [0.15, 0.2) is 0 Å². The fraction of sp³-hybridized carbons (Fsp3) is 0.200. The minimum Gasteiger partial charge on any atom is -0.302 e. The van der Waals surface area contributed by atoms with E-state index < -0.39 is 0 Å². The third kappa shape index (κ3) is 3.41. The number of aliphatic imine (C=N–C) groups is 1. The van der Waals surface area contributed by atoms with Crippen LogP contribution >= 0.6 is 11.6 Å². The van der Waals surface area contributed by atoms with E-state index in [4.69, 9.17) is 16.6 Å². The minimum atomic E-state index is -0.358. The average Bonchev–Trinajstić information content (AvgIpc) is 3.23. The summed E-state index contributed by atoms with van der Waals surface area (Å²) in [5, 5.41) is 4.77. The normalized spacial score (nSPS) is 15.9. The Hall–Kier alpha value is -3.06. The monoisotopic (exact) mass is 397 g/mol. The Balaban J connectivity index is 1.93. The summed E-state index contributed by atoms with van der Waals surface area (Å²) in [6, 6.07) is 11.1. The lowest BCUT2D eigenvalue weighted by Crippen LogP contribution is -2.42. The maximum atomic E-state index is 13.5. The molecule has 0 amide bonds. The molecule has 2 aromatic carbocycles. The molecule has 0 spiro atoms. The molecule has 1 unspecified atom stereocenters. The van der Waals surface area contributed by atoms with Crippen LogP contribution in [0.3, 0.4) is 0 Å². The molecule has 0 N–H and O–H groups in total. The summed E-state index contributed by atoms with van der Waals surface area (Å²) in [6.45, 7) is 1.83. The molecule has 0 saturated heterocycles. The second-order valence-electron chi connectivity index (χ2n) is 6.41. The van der Waals surface area contributed by atoms with Gasteiger partial charge in [0.25, 0.3) is 0 Å². The van der Waals surface area contributed by atoms with Crippen LogP contribution in [0.25, 0.3) is 0 Å². The highest BCUT2D eigenvalue weighted by Gasteiger charge is 2.34. The van der Waals surface area contributed by atoms with E-state index in [-0.39, 0.29) is 24.1 Å². The van der Waals surface area contributed by atoms with Gasteiger partial charge in [-0.2, -0.15) is 9.78 Å². The second-order valence-corrected chi connectivity index (χ2v) is 6.85. The Morgan fingerprint density at radius 3 is 2.68 bits per heavy atom. The number of carbonyl (C=O) groups excluding carboxylic acids is 1. The lowest BCUT2D eigenvalue weighted by molar-refractivity contribution is -0.119. The molecule has 1 aromatic heterocycles. The molecular weight excluding hydrogens is 381 g/mol. The highest BCUT2D eigenvalue weighted by atomic mass is 35.5. The summed E-state index contributed by atoms with van der Waals surface area (Å²) in [5.41, 5.74) is 2.24. The van der Waals surface area contributed by atoms with Crippen molar-refractivity contribution in [2.45, 2.75) is 25.8 Å². The van der Waals surface area contributed by atoms with E-state index in [0.29, 0.717) is 28.8 Å². The number of Topliss-reactive ketones (excluding diaryl/α,β-unsaturated/α-hetero) is 1. The van der Waals surface area contributed by atoms with Crippen molar-refractivity contribution in [3.05, 3.63) is 71.5 Å². The number of benzene rings is 2. The van der Waals surface area contributed by atoms with Gasteiger partial charge in [-0.15, -0.1) is 0 Å². The fourth-order valence-corrected chi connectivity index (χ4v) is 3.45. The van der Waals surface area contributed by atoms with Gasteiger partial charge in [0.05, 0.1) is 11.7 Å². The summed E-state index contributed by atoms with van der Waals surface area (Å²) in [5.74, 6) is 0.236. The number of hydrogen-bond donors (Lipinski definition) is 0. The number of anilines is 1. The third-order valence-corrected chi connectivity index (χ3v) is 4.88. The van der Waals surface area contributed by atoms with Gasteiger partial charge in [-0.25, -0.2) is 14.4 Å². The lowest BCUT2D eigenvalue weighted by Gasteiger charge is -2.37. The third-order valence-electron chi connectivity index (χ3n) is 4.64. The maximum Gasteiger partial charge on any atom is 0.233 e. The fourth-order valence-electron chi connectivity index (χ4n) is 3.27. The quantitative estimate of drug-likeness (QED) is 0.648. The molecule has 8 heteroatoms. The van der Waals surface area contributed by atoms with Gasteiger partial charge in [-0.05, 0) is 42.5 Å². The molecule has 0 bridgehead atoms. The van der Waals surface area contributed by atoms with Crippen molar-refractivity contribution in [3.8, 4) is 0 Å². The Kier molecular flexibility index (Phi) is 4.92. The molecule has 3 aromatic rings. The zero-order valence-electron chi connectivity index (χ0n) is 15.1. The Morgan fingerprint density at radius 2 is 2.00 bits per heavy atom. The molecule has 142 valence electrons. The van der Waals surface area contributed by atoms with Crippen molar-refractivity contribution in [3.63, 3.8) is 0 Å². The Bertz CT molecular complexity index is 1030. The number of ketones is 1. The predicted molar refractivity (Wildman–Crippen MR) is 106 cm³/mol. The molecule has 0 radical (unpaired) electrons. The van der Waals surface area contributed by atoms with Crippen LogP contribution < -0.4 is 4.90 Å². The van der Waals surface area contributed by atoms with Crippen molar-refractivity contribution < 1.29 is 9.18 Å². The number of carbonyl (C=O) groups is 1. The summed E-state index contributed by atoms with van der Waals surface area (Å²) >= 11 is 6.23. The molecule has 0 aliphatic carbocycles. The van der Waals surface area contributed by atoms with Crippen LogP contribution in [0.2, 0.25) is 5.02 Å². The molecule has 0 fully saturated rings. The van der Waals surface area contributed by atoms with Gasteiger partial charge in [0.1, 0.15) is 24.3 Å². The van der Waals surface area contributed by atoms with E-state index >= 15 is 0 Å². The topological polar surface area (TPSA) is 63.4 Å². The van der Waals surface area contributed by atoms with Crippen LogP contribution in [-0.2, 0) is 4.79 Å². The van der Waals surface area contributed by atoms with Crippen LogP contribution in [-0.4, -0.2) is 26.5 Å². The zero-order chi connectivity index (χ0) is 19.7. The van der Waals surface area contributed by atoms with E-state index in [2.05, 4.69) is 10.1 Å². The van der Waals surface area contributed by atoms with E-state index in [0.717, 1.165) is 5.56 Å². The van der Waals surface area contributed by atoms with Crippen LogP contribution in [0.5, 0.6) is 0 Å². The summed E-state index contributed by atoms with van der Waals surface area (Å²) in [7, 11) is 0. The first-order valence-corrected chi connectivity index (χ1v) is 9.24. The van der Waals surface area contributed by atoms with Crippen molar-refractivity contribution in [1.29, 1.82) is 0 Å². The molecule has 28 heavy (non-hydrogen) atoms. The maximum absolute atomic E-state index is 13.5. The standard InChI is InChI=1S/C20H17ClFN5O/c1-2-16(28)10-19-17-9-13(21)3-8-18(17)25-20(26-12-23-11-24-26)27(19)15-6-4-14(22)5-7-15/h3-9,11-12,19H,2,10H2,1H3. The SMILES string of the molecule is CCC(=O)CC1c2cc(Cl)ccc2N=C(n2cncn2)N1c1ccc(F)cc1. The predicted octanol–water partition coefficient (Wildman–Crippen LogP) is 4.54. The number of aromatic nitrogens is 3. The second kappa shape index (κ2) is 7.52. The van der Waals surface area contributed by atoms with Crippen LogP contribution in [0.4, 0.5) is 15.8 Å². The van der Waals surface area contributed by atoms with E-state index in [1.807, 2.05) is 24.0 Å². The van der Waals surface area contributed by atoms with Gasteiger partial charge in [0.2, 0.25) is 5.96 Å². The van der Waals surface area contributed by atoms with Crippen LogP contribution in [0.15, 0.2) is 60.1 Å². The smallest absolute Gasteiger partial charge is 0.233 e. The first-order valence-electron chi connectivity index (χ1n) is 8.86. The van der Waals surface area contributed by atoms with Gasteiger partial charge in [-0.1, -0.05) is 18.5 Å². The van der Waals surface area contributed by atoms with Gasteiger partial charge in [0, 0.05) is 29.1 Å². The van der Waals surface area contributed by atoms with E-state index in [9.17, 15) is 9.18 Å². The minimum absolute atomic E-state index is 0.0999. The molecule has 1 aliphatic heterocycles. The van der Waals surface area contributed by atoms with Gasteiger partial charge >= 0.3 is 0 Å². The molecular formula is C20H17ClFN5O. The van der Waals surface area contributed by atoms with E-state index in [1.54, 1.807) is 18.2 Å². The van der Waals surface area contributed by atoms with Crippen molar-refractivity contribution in [1.82, 2.24) is 14.8 Å². The number of fused-ring (bicyclic) bond motifs is 1. The summed E-state index contributed by atoms with van der Waals surface area (Å²) in [4.78, 5) is 23.0. The average molecular weight is 398 g/mol. The highest BCUT2D eigenvalue weighted by Crippen LogP contribution is 2.41. The van der Waals surface area contributed by atoms with Gasteiger partial charge < -0.3 is 4.90 Å². The molecule has 6 nitrogen and oxygen atoms in total. The largest absolute Gasteiger partial charge is 0.302 e. The molecule has 0 saturated carbocycles. The Labute approximate surface area is 166 Å². The number of hydrogen-bond acceptors (Lipinski definition) is 5. The molecule has 4 rings (SSSR count). The summed E-state index contributed by atoms with van der Waals surface area (Å²) < 4.78 is 15.1. The number of halogens is 2. The number of rotatable bonds is 4. The van der Waals surface area contributed by atoms with Gasteiger partial charge in [-0.3, -0.25) is 4.79 Å². The van der Waals surface area contributed by atoms with Crippen LogP contribution in [0, 0.1) is 5.82 Å². The zero-order valence-corrected chi connectivity index (χ0v) is 15.8. The molecule has 1 aliphatic rings.